The van der Waals surface area contributed by atoms with Gasteiger partial charge < -0.3 is 18.8 Å². The summed E-state index contributed by atoms with van der Waals surface area (Å²) in [7, 11) is 0. The van der Waals surface area contributed by atoms with Gasteiger partial charge in [0.1, 0.15) is 5.58 Å². The number of para-hydroxylation sites is 3. The average molecular weight is 834 g/mol. The van der Waals surface area contributed by atoms with Crippen molar-refractivity contribution in [3.63, 3.8) is 0 Å². The molecule has 0 N–H and O–H groups in total. The predicted octanol–water partition coefficient (Wildman–Crippen LogP) is 13.9. The fourth-order valence-corrected chi connectivity index (χ4v) is 14.1. The Labute approximate surface area is 372 Å². The summed E-state index contributed by atoms with van der Waals surface area (Å²) in [6, 6.07) is 51.1. The van der Waals surface area contributed by atoms with Crippen molar-refractivity contribution in [2.45, 2.75) is 83.6 Å². The van der Waals surface area contributed by atoms with E-state index in [0.717, 1.165) is 34.0 Å². The van der Waals surface area contributed by atoms with Crippen LogP contribution in [0.5, 0.6) is 0 Å². The Morgan fingerprint density at radius 2 is 1.40 bits per heavy atom. The van der Waals surface area contributed by atoms with Crippen molar-refractivity contribution in [2.75, 3.05) is 9.80 Å². The van der Waals surface area contributed by atoms with Gasteiger partial charge >= 0.3 is 0 Å². The zero-order chi connectivity index (χ0) is 42.3. The molecule has 0 spiro atoms. The van der Waals surface area contributed by atoms with Crippen LogP contribution in [0.2, 0.25) is 0 Å². The minimum atomic E-state index is -0.0793. The number of hydrogen-bond donors (Lipinski definition) is 0. The molecule has 0 amide bonds. The second-order valence-electron chi connectivity index (χ2n) is 20.5. The Hall–Kier alpha value is -6.24. The van der Waals surface area contributed by atoms with Crippen LogP contribution in [-0.4, -0.2) is 16.8 Å². The van der Waals surface area contributed by atoms with Crippen molar-refractivity contribution in [2.24, 2.45) is 0 Å². The van der Waals surface area contributed by atoms with Crippen LogP contribution >= 0.6 is 11.3 Å². The van der Waals surface area contributed by atoms with Crippen LogP contribution in [0.25, 0.3) is 58.8 Å². The number of benzene rings is 7. The van der Waals surface area contributed by atoms with Crippen molar-refractivity contribution in [1.29, 1.82) is 0 Å². The monoisotopic (exact) mass is 833 g/mol. The molecule has 1 saturated carbocycles. The highest BCUT2D eigenvalue weighted by Crippen LogP contribution is 2.62. The number of furan rings is 1. The van der Waals surface area contributed by atoms with Crippen molar-refractivity contribution >= 4 is 116 Å². The molecule has 14 rings (SSSR count). The highest BCUT2D eigenvalue weighted by Gasteiger charge is 2.58. The number of hydrogen-bond acceptors (Lipinski definition) is 4. The molecule has 0 radical (unpaired) electrons. The van der Waals surface area contributed by atoms with Gasteiger partial charge in [0.15, 0.2) is 5.58 Å². The average Bonchev–Trinajstić information content (AvgIpc) is 4.00. The third-order valence-corrected chi connectivity index (χ3v) is 17.3. The van der Waals surface area contributed by atoms with Crippen LogP contribution in [0, 0.1) is 6.92 Å². The van der Waals surface area contributed by atoms with Crippen LogP contribution < -0.4 is 26.2 Å². The van der Waals surface area contributed by atoms with Crippen molar-refractivity contribution < 1.29 is 4.42 Å². The maximum atomic E-state index is 6.94. The summed E-state index contributed by atoms with van der Waals surface area (Å²) in [4.78, 5) is 5.34. The number of fused-ring (bicyclic) bond motifs is 15. The highest BCUT2D eigenvalue weighted by molar-refractivity contribution is 7.26. The summed E-state index contributed by atoms with van der Waals surface area (Å²) in [5.41, 5.74) is 20.2. The Kier molecular flexibility index (Phi) is 6.94. The molecule has 6 heteroatoms. The molecule has 306 valence electrons. The summed E-state index contributed by atoms with van der Waals surface area (Å²) in [6.07, 6.45) is 4.85. The van der Waals surface area contributed by atoms with E-state index in [2.05, 4.69) is 189 Å². The number of thiophene rings is 1. The molecule has 0 bridgehead atoms. The first-order chi connectivity index (χ1) is 30.5. The van der Waals surface area contributed by atoms with Gasteiger partial charge in [-0.15, -0.1) is 11.3 Å². The molecule has 3 aromatic heterocycles. The molecule has 4 nitrogen and oxygen atoms in total. The Morgan fingerprint density at radius 1 is 0.635 bits per heavy atom. The third-order valence-electron chi connectivity index (χ3n) is 16.1. The topological polar surface area (TPSA) is 24.6 Å². The van der Waals surface area contributed by atoms with Crippen LogP contribution in [0.3, 0.4) is 0 Å². The fourth-order valence-electron chi connectivity index (χ4n) is 12.9. The molecule has 6 heterocycles. The van der Waals surface area contributed by atoms with Gasteiger partial charge in [-0.3, -0.25) is 0 Å². The molecule has 0 saturated heterocycles. The van der Waals surface area contributed by atoms with Crippen LogP contribution in [0.1, 0.15) is 77.0 Å². The largest absolute Gasteiger partial charge is 0.454 e. The number of anilines is 5. The summed E-state index contributed by atoms with van der Waals surface area (Å²) in [6.45, 7) is 14.5. The van der Waals surface area contributed by atoms with Crippen LogP contribution in [0.4, 0.5) is 28.4 Å². The van der Waals surface area contributed by atoms with E-state index in [1.165, 1.54) is 112 Å². The third kappa shape index (κ3) is 4.48. The van der Waals surface area contributed by atoms with Crippen LogP contribution in [-0.2, 0) is 10.8 Å². The molecular formula is C57H48BN3OS. The first kappa shape index (κ1) is 36.3. The summed E-state index contributed by atoms with van der Waals surface area (Å²) < 4.78 is 12.3. The second kappa shape index (κ2) is 12.1. The minimum absolute atomic E-state index is 0.0252. The first-order valence-electron chi connectivity index (χ1n) is 22.9. The van der Waals surface area contributed by atoms with Gasteiger partial charge in [0.2, 0.25) is 0 Å². The maximum absolute atomic E-state index is 6.94. The number of nitrogens with zero attached hydrogens (tertiary/aromatic N) is 3. The number of aromatic nitrogens is 1. The molecule has 4 aliphatic rings. The standard InChI is InChI=1S/C57H48BN3OS/c1-33-29-46-50-47(30-33)60-51-39(54-52(60)38-16-8-10-22-49(38)63-54)18-13-19-42(51)58(50)41-25-24-35(32-45(41)59(46)44-20-14-17-37-36-15-7-9-21-48(36)62-53(37)44)61-43-26-23-34(55(2,3)4)31-40(43)56(5)27-11-12-28-57(56,61)6/h7-10,13-26,29-32H,11-12,27-28H2,1-6H3. The quantitative estimate of drug-likeness (QED) is 0.162. The summed E-state index contributed by atoms with van der Waals surface area (Å²) >= 11 is 1.93. The van der Waals surface area contributed by atoms with E-state index in [1.807, 2.05) is 11.3 Å². The molecule has 3 aliphatic heterocycles. The van der Waals surface area contributed by atoms with Gasteiger partial charge in [0, 0.05) is 60.1 Å². The lowest BCUT2D eigenvalue weighted by Crippen LogP contribution is -2.60. The van der Waals surface area contributed by atoms with E-state index >= 15 is 0 Å². The van der Waals surface area contributed by atoms with Crippen molar-refractivity contribution in [1.82, 2.24) is 4.57 Å². The zero-order valence-corrected chi connectivity index (χ0v) is 37.6. The molecular weight excluding hydrogens is 786 g/mol. The van der Waals surface area contributed by atoms with E-state index in [1.54, 1.807) is 0 Å². The molecule has 2 atom stereocenters. The lowest BCUT2D eigenvalue weighted by Gasteiger charge is -2.50. The maximum Gasteiger partial charge on any atom is 0.252 e. The lowest BCUT2D eigenvalue weighted by atomic mass is 9.33. The molecule has 1 fully saturated rings. The van der Waals surface area contributed by atoms with Crippen molar-refractivity contribution in [3.8, 4) is 5.69 Å². The molecule has 2 unspecified atom stereocenters. The predicted molar refractivity (Wildman–Crippen MR) is 269 cm³/mol. The van der Waals surface area contributed by atoms with E-state index in [4.69, 9.17) is 4.42 Å². The molecule has 10 aromatic rings. The normalized spacial score (nSPS) is 20.0. The fraction of sp³-hybridized carbons (Fsp3) is 0.228. The number of rotatable bonds is 2. The van der Waals surface area contributed by atoms with E-state index < -0.39 is 0 Å². The molecule has 7 aromatic carbocycles. The van der Waals surface area contributed by atoms with Gasteiger partial charge in [-0.1, -0.05) is 125 Å². The Bertz CT molecular complexity index is 3660. The summed E-state index contributed by atoms with van der Waals surface area (Å²) in [5.74, 6) is 0. The van der Waals surface area contributed by atoms with Gasteiger partial charge in [-0.2, -0.15) is 0 Å². The van der Waals surface area contributed by atoms with Gasteiger partial charge in [-0.25, -0.2) is 0 Å². The lowest BCUT2D eigenvalue weighted by molar-refractivity contribution is 0.195. The van der Waals surface area contributed by atoms with E-state index in [-0.39, 0.29) is 23.1 Å². The minimum Gasteiger partial charge on any atom is -0.454 e. The SMILES string of the molecule is Cc1cc2c3c(c1)-n1c4c(cccc4c4sc5ccccc5c41)B3c1ccc(N3c4ccc(C(C)(C)C)cc4C4(C)CCCCC34C)cc1N2c1cccc2c1oc1ccccc12. The summed E-state index contributed by atoms with van der Waals surface area (Å²) in [5, 5.41) is 4.95. The van der Waals surface area contributed by atoms with Crippen molar-refractivity contribution in [3.05, 3.63) is 150 Å². The molecule has 63 heavy (non-hydrogen) atoms. The van der Waals surface area contributed by atoms with Gasteiger partial charge in [0.05, 0.1) is 27.0 Å². The second-order valence-corrected chi connectivity index (χ2v) is 21.5. The van der Waals surface area contributed by atoms with Gasteiger partial charge in [0.25, 0.3) is 6.71 Å². The molecule has 1 aliphatic carbocycles. The van der Waals surface area contributed by atoms with Gasteiger partial charge in [-0.05, 0) is 114 Å². The number of aryl methyl sites for hydroxylation is 1. The van der Waals surface area contributed by atoms with E-state index in [9.17, 15) is 0 Å². The smallest absolute Gasteiger partial charge is 0.252 e. The highest BCUT2D eigenvalue weighted by atomic mass is 32.1. The van der Waals surface area contributed by atoms with Crippen LogP contribution in [0.15, 0.2) is 138 Å². The Balaban J connectivity index is 1.09. The first-order valence-corrected chi connectivity index (χ1v) is 23.7. The zero-order valence-electron chi connectivity index (χ0n) is 36.8. The Morgan fingerprint density at radius 3 is 2.27 bits per heavy atom. The van der Waals surface area contributed by atoms with E-state index in [0.29, 0.717) is 0 Å².